The maximum absolute atomic E-state index is 12.8. The minimum atomic E-state index is -3.82. The van der Waals surface area contributed by atoms with Crippen molar-refractivity contribution in [2.75, 3.05) is 18.4 Å². The summed E-state index contributed by atoms with van der Waals surface area (Å²) in [7, 11) is -2.30. The van der Waals surface area contributed by atoms with Crippen LogP contribution in [-0.2, 0) is 10.0 Å². The zero-order valence-electron chi connectivity index (χ0n) is 15.2. The molecule has 0 saturated heterocycles. The van der Waals surface area contributed by atoms with Crippen LogP contribution in [0.3, 0.4) is 0 Å². The lowest BCUT2D eigenvalue weighted by molar-refractivity contribution is 0.331. The van der Waals surface area contributed by atoms with Crippen LogP contribution in [0, 0.1) is 0 Å². The molecule has 146 valence electrons. The van der Waals surface area contributed by atoms with E-state index < -0.39 is 10.0 Å². The highest BCUT2D eigenvalue weighted by Gasteiger charge is 2.20. The zero-order chi connectivity index (χ0) is 20.1. The Morgan fingerprint density at radius 3 is 2.39 bits per heavy atom. The molecule has 0 atom stereocenters. The SMILES string of the molecule is CCOc1ccc(Br)cc1S(=O)(=O)Nc1ccc(-c2ccc(OC)nn2)cc1. The van der Waals surface area contributed by atoms with Gasteiger partial charge in [-0.25, -0.2) is 8.42 Å². The number of rotatable bonds is 7. The van der Waals surface area contributed by atoms with Gasteiger partial charge in [-0.15, -0.1) is 10.2 Å². The van der Waals surface area contributed by atoms with Crippen LogP contribution in [-0.4, -0.2) is 32.3 Å². The summed E-state index contributed by atoms with van der Waals surface area (Å²) in [5, 5.41) is 8.01. The maximum atomic E-state index is 12.8. The molecule has 3 rings (SSSR count). The average molecular weight is 464 g/mol. The summed E-state index contributed by atoms with van der Waals surface area (Å²) < 4.78 is 39.3. The topological polar surface area (TPSA) is 90.4 Å². The normalized spacial score (nSPS) is 11.1. The Morgan fingerprint density at radius 2 is 1.79 bits per heavy atom. The van der Waals surface area contributed by atoms with Gasteiger partial charge in [-0.3, -0.25) is 4.72 Å². The first-order valence-corrected chi connectivity index (χ1v) is 10.6. The van der Waals surface area contributed by atoms with E-state index in [9.17, 15) is 8.42 Å². The summed E-state index contributed by atoms with van der Waals surface area (Å²) in [4.78, 5) is 0.0637. The Morgan fingerprint density at radius 1 is 1.04 bits per heavy atom. The first-order chi connectivity index (χ1) is 13.4. The van der Waals surface area contributed by atoms with E-state index in [1.807, 2.05) is 0 Å². The number of anilines is 1. The summed E-state index contributed by atoms with van der Waals surface area (Å²) in [6, 6.07) is 15.2. The summed E-state index contributed by atoms with van der Waals surface area (Å²) >= 11 is 3.30. The summed E-state index contributed by atoms with van der Waals surface area (Å²) in [6.45, 7) is 2.16. The lowest BCUT2D eigenvalue weighted by Crippen LogP contribution is -2.14. The number of nitrogens with zero attached hydrogens (tertiary/aromatic N) is 2. The van der Waals surface area contributed by atoms with Crippen molar-refractivity contribution < 1.29 is 17.9 Å². The largest absolute Gasteiger partial charge is 0.492 e. The van der Waals surface area contributed by atoms with Gasteiger partial charge in [-0.1, -0.05) is 28.1 Å². The number of halogens is 1. The number of aromatic nitrogens is 2. The summed E-state index contributed by atoms with van der Waals surface area (Å²) in [5.74, 6) is 0.718. The van der Waals surface area contributed by atoms with Crippen molar-refractivity contribution >= 4 is 31.6 Å². The predicted molar refractivity (Wildman–Crippen MR) is 110 cm³/mol. The second-order valence-corrected chi connectivity index (χ2v) is 8.23. The molecule has 2 aromatic carbocycles. The van der Waals surface area contributed by atoms with Crippen molar-refractivity contribution in [2.45, 2.75) is 11.8 Å². The van der Waals surface area contributed by atoms with Gasteiger partial charge in [0.1, 0.15) is 10.6 Å². The van der Waals surface area contributed by atoms with Crippen molar-refractivity contribution in [1.29, 1.82) is 0 Å². The fourth-order valence-electron chi connectivity index (χ4n) is 2.47. The number of hydrogen-bond donors (Lipinski definition) is 1. The Balaban J connectivity index is 1.84. The van der Waals surface area contributed by atoms with Crippen molar-refractivity contribution in [3.8, 4) is 22.9 Å². The second-order valence-electron chi connectivity index (χ2n) is 5.67. The fourth-order valence-corrected chi connectivity index (χ4v) is 4.21. The molecule has 1 heterocycles. The van der Waals surface area contributed by atoms with E-state index >= 15 is 0 Å². The molecule has 28 heavy (non-hydrogen) atoms. The molecule has 0 aliphatic carbocycles. The van der Waals surface area contributed by atoms with Crippen LogP contribution >= 0.6 is 15.9 Å². The minimum absolute atomic E-state index is 0.0637. The number of nitrogens with one attached hydrogen (secondary N) is 1. The standard InChI is InChI=1S/C19H18BrN3O4S/c1-3-27-17-10-6-14(20)12-18(17)28(24,25)23-15-7-4-13(5-8-15)16-9-11-19(26-2)22-21-16/h4-12,23H,3H2,1-2H3. The molecule has 0 radical (unpaired) electrons. The maximum Gasteiger partial charge on any atom is 0.265 e. The molecular formula is C19H18BrN3O4S. The number of ether oxygens (including phenoxy) is 2. The molecule has 1 N–H and O–H groups in total. The van der Waals surface area contributed by atoms with Crippen molar-refractivity contribution in [1.82, 2.24) is 10.2 Å². The van der Waals surface area contributed by atoms with Gasteiger partial charge in [-0.2, -0.15) is 0 Å². The van der Waals surface area contributed by atoms with Gasteiger partial charge >= 0.3 is 0 Å². The van der Waals surface area contributed by atoms with Gasteiger partial charge in [0, 0.05) is 21.8 Å². The quantitative estimate of drug-likeness (QED) is 0.566. The van der Waals surface area contributed by atoms with Crippen LogP contribution in [0.25, 0.3) is 11.3 Å². The third kappa shape index (κ3) is 4.60. The molecule has 0 bridgehead atoms. The summed E-state index contributed by atoms with van der Waals surface area (Å²) in [6.07, 6.45) is 0. The van der Waals surface area contributed by atoms with Gasteiger partial charge in [0.15, 0.2) is 0 Å². The Kier molecular flexibility index (Phi) is 6.15. The minimum Gasteiger partial charge on any atom is -0.492 e. The first kappa shape index (κ1) is 20.1. The number of benzene rings is 2. The third-order valence-electron chi connectivity index (χ3n) is 3.78. The predicted octanol–water partition coefficient (Wildman–Crippen LogP) is 4.11. The number of sulfonamides is 1. The number of methoxy groups -OCH3 is 1. The highest BCUT2D eigenvalue weighted by Crippen LogP contribution is 2.29. The molecule has 1 aromatic heterocycles. The van der Waals surface area contributed by atoms with Gasteiger partial charge < -0.3 is 9.47 Å². The molecule has 0 fully saturated rings. The van der Waals surface area contributed by atoms with E-state index in [-0.39, 0.29) is 4.90 Å². The fraction of sp³-hybridized carbons (Fsp3) is 0.158. The Labute approximate surface area is 171 Å². The van der Waals surface area contributed by atoms with Gasteiger partial charge in [0.25, 0.3) is 10.0 Å². The highest BCUT2D eigenvalue weighted by molar-refractivity contribution is 9.10. The van der Waals surface area contributed by atoms with E-state index in [0.717, 1.165) is 5.56 Å². The third-order valence-corrected chi connectivity index (χ3v) is 5.67. The van der Waals surface area contributed by atoms with Crippen LogP contribution in [0.2, 0.25) is 0 Å². The molecule has 0 aliphatic heterocycles. The molecule has 0 aliphatic rings. The van der Waals surface area contributed by atoms with Crippen LogP contribution < -0.4 is 14.2 Å². The van der Waals surface area contributed by atoms with Crippen LogP contribution in [0.15, 0.2) is 64.0 Å². The average Bonchev–Trinajstić information content (AvgIpc) is 2.70. The van der Waals surface area contributed by atoms with E-state index in [4.69, 9.17) is 9.47 Å². The molecule has 0 saturated carbocycles. The molecule has 0 amide bonds. The van der Waals surface area contributed by atoms with Crippen molar-refractivity contribution in [3.05, 3.63) is 59.1 Å². The zero-order valence-corrected chi connectivity index (χ0v) is 17.6. The van der Waals surface area contributed by atoms with Crippen LogP contribution in [0.5, 0.6) is 11.6 Å². The summed E-state index contributed by atoms with van der Waals surface area (Å²) in [5.41, 5.74) is 1.88. The van der Waals surface area contributed by atoms with E-state index in [2.05, 4.69) is 30.8 Å². The van der Waals surface area contributed by atoms with Gasteiger partial charge in [-0.05, 0) is 43.3 Å². The Bertz CT molecular complexity index is 1060. The lowest BCUT2D eigenvalue weighted by atomic mass is 10.1. The van der Waals surface area contributed by atoms with Crippen molar-refractivity contribution in [2.24, 2.45) is 0 Å². The molecule has 9 heteroatoms. The molecule has 7 nitrogen and oxygen atoms in total. The van der Waals surface area contributed by atoms with Crippen LogP contribution in [0.4, 0.5) is 5.69 Å². The van der Waals surface area contributed by atoms with E-state index in [1.54, 1.807) is 55.5 Å². The smallest absolute Gasteiger partial charge is 0.265 e. The first-order valence-electron chi connectivity index (χ1n) is 8.36. The van der Waals surface area contributed by atoms with Crippen molar-refractivity contribution in [3.63, 3.8) is 0 Å². The molecular weight excluding hydrogens is 446 g/mol. The molecule has 0 unspecified atom stereocenters. The number of hydrogen-bond acceptors (Lipinski definition) is 6. The second kappa shape index (κ2) is 8.57. The van der Waals surface area contributed by atoms with Gasteiger partial charge in [0.05, 0.1) is 19.4 Å². The molecule has 0 spiro atoms. The highest BCUT2D eigenvalue weighted by atomic mass is 79.9. The van der Waals surface area contributed by atoms with Crippen LogP contribution in [0.1, 0.15) is 6.92 Å². The van der Waals surface area contributed by atoms with E-state index in [0.29, 0.717) is 34.1 Å². The Hall–Kier alpha value is -2.65. The van der Waals surface area contributed by atoms with E-state index in [1.165, 1.54) is 13.2 Å². The monoisotopic (exact) mass is 463 g/mol. The lowest BCUT2D eigenvalue weighted by Gasteiger charge is -2.13. The van der Waals surface area contributed by atoms with Gasteiger partial charge in [0.2, 0.25) is 5.88 Å². The molecule has 3 aromatic rings.